The van der Waals surface area contributed by atoms with Crippen molar-refractivity contribution in [2.75, 3.05) is 26.3 Å². The summed E-state index contributed by atoms with van der Waals surface area (Å²) in [7, 11) is 0. The van der Waals surface area contributed by atoms with Gasteiger partial charge in [0.15, 0.2) is 11.5 Å². The number of nitrogens with zero attached hydrogens (tertiary/aromatic N) is 2. The number of nitrogens with one attached hydrogen (secondary N) is 1. The summed E-state index contributed by atoms with van der Waals surface area (Å²) in [5, 5.41) is 7.33. The number of H-pyrrole nitrogens is 1. The molecule has 114 valence electrons. The van der Waals surface area contributed by atoms with Crippen LogP contribution in [0.4, 0.5) is 0 Å². The molecule has 0 aromatic carbocycles. The van der Waals surface area contributed by atoms with Gasteiger partial charge in [-0.3, -0.25) is 9.89 Å². The molecule has 0 radical (unpaired) electrons. The molecule has 6 nitrogen and oxygen atoms in total. The van der Waals surface area contributed by atoms with Gasteiger partial charge < -0.3 is 14.4 Å². The smallest absolute Gasteiger partial charge is 0.274 e. The molecule has 3 heterocycles. The van der Waals surface area contributed by atoms with Gasteiger partial charge in [-0.15, -0.1) is 0 Å². The summed E-state index contributed by atoms with van der Waals surface area (Å²) in [5.41, 5.74) is 2.93. The van der Waals surface area contributed by atoms with E-state index in [1.807, 2.05) is 4.90 Å². The van der Waals surface area contributed by atoms with Crippen molar-refractivity contribution in [1.29, 1.82) is 0 Å². The van der Waals surface area contributed by atoms with E-state index in [1.54, 1.807) is 0 Å². The van der Waals surface area contributed by atoms with Crippen LogP contribution in [-0.4, -0.2) is 53.1 Å². The molecule has 1 aliphatic carbocycles. The van der Waals surface area contributed by atoms with Gasteiger partial charge in [-0.05, 0) is 25.7 Å². The Bertz CT molecular complexity index is 538. The Hall–Kier alpha value is -1.40. The van der Waals surface area contributed by atoms with Gasteiger partial charge in [0.2, 0.25) is 0 Å². The van der Waals surface area contributed by atoms with Crippen molar-refractivity contribution in [3.8, 4) is 0 Å². The summed E-state index contributed by atoms with van der Waals surface area (Å²) in [4.78, 5) is 14.6. The molecule has 1 aromatic rings. The standard InChI is InChI=1S/C15H21N3O3/c19-14(13-11-3-1-2-4-12(11)16-17-13)18-7-5-15(6-8-18)20-9-10-21-15/h1-10H2,(H,16,17). The van der Waals surface area contributed by atoms with E-state index in [4.69, 9.17) is 9.47 Å². The lowest BCUT2D eigenvalue weighted by Gasteiger charge is -2.37. The van der Waals surface area contributed by atoms with Gasteiger partial charge in [0.1, 0.15) is 0 Å². The summed E-state index contributed by atoms with van der Waals surface area (Å²) in [5.74, 6) is -0.371. The molecule has 0 unspecified atom stereocenters. The van der Waals surface area contributed by atoms with Crippen molar-refractivity contribution in [3.63, 3.8) is 0 Å². The zero-order valence-electron chi connectivity index (χ0n) is 12.2. The number of likely N-dealkylation sites (tertiary alicyclic amines) is 1. The first-order chi connectivity index (χ1) is 10.3. The molecule has 3 aliphatic rings. The number of aryl methyl sites for hydroxylation is 1. The average Bonchev–Trinajstić information content (AvgIpc) is 3.15. The van der Waals surface area contributed by atoms with E-state index in [9.17, 15) is 4.79 Å². The number of piperidine rings is 1. The first kappa shape index (κ1) is 13.3. The predicted molar refractivity (Wildman–Crippen MR) is 75.0 cm³/mol. The number of carbonyl (C=O) groups is 1. The number of amides is 1. The van der Waals surface area contributed by atoms with Gasteiger partial charge in [0.25, 0.3) is 5.91 Å². The number of rotatable bonds is 1. The second-order valence-electron chi connectivity index (χ2n) is 6.14. The highest BCUT2D eigenvalue weighted by atomic mass is 16.7. The maximum Gasteiger partial charge on any atom is 0.274 e. The second kappa shape index (κ2) is 5.10. The van der Waals surface area contributed by atoms with Crippen LogP contribution in [0.3, 0.4) is 0 Å². The number of aromatic amines is 1. The minimum absolute atomic E-state index is 0.0576. The molecule has 6 heteroatoms. The molecule has 0 atom stereocenters. The minimum Gasteiger partial charge on any atom is -0.347 e. The molecule has 0 saturated carbocycles. The SMILES string of the molecule is O=C(c1n[nH]c2c1CCCC2)N1CCC2(CC1)OCCO2. The first-order valence-electron chi connectivity index (χ1n) is 7.91. The quantitative estimate of drug-likeness (QED) is 0.846. The Morgan fingerprint density at radius 3 is 2.62 bits per heavy atom. The highest BCUT2D eigenvalue weighted by Crippen LogP contribution is 2.32. The maximum absolute atomic E-state index is 12.7. The molecule has 2 aliphatic heterocycles. The van der Waals surface area contributed by atoms with Crippen molar-refractivity contribution in [2.45, 2.75) is 44.3 Å². The first-order valence-corrected chi connectivity index (χ1v) is 7.91. The van der Waals surface area contributed by atoms with Gasteiger partial charge >= 0.3 is 0 Å². The van der Waals surface area contributed by atoms with E-state index in [0.29, 0.717) is 32.0 Å². The number of aromatic nitrogens is 2. The van der Waals surface area contributed by atoms with E-state index in [2.05, 4.69) is 10.2 Å². The fourth-order valence-corrected chi connectivity index (χ4v) is 3.64. The largest absolute Gasteiger partial charge is 0.347 e. The minimum atomic E-state index is -0.429. The topological polar surface area (TPSA) is 67.5 Å². The highest BCUT2D eigenvalue weighted by molar-refractivity contribution is 5.94. The highest BCUT2D eigenvalue weighted by Gasteiger charge is 2.41. The van der Waals surface area contributed by atoms with Crippen LogP contribution in [0.5, 0.6) is 0 Å². The summed E-state index contributed by atoms with van der Waals surface area (Å²) in [6, 6.07) is 0. The summed E-state index contributed by atoms with van der Waals surface area (Å²) >= 11 is 0. The molecule has 1 N–H and O–H groups in total. The van der Waals surface area contributed by atoms with Crippen molar-refractivity contribution in [3.05, 3.63) is 17.0 Å². The molecular formula is C15H21N3O3. The maximum atomic E-state index is 12.7. The lowest BCUT2D eigenvalue weighted by Crippen LogP contribution is -2.47. The zero-order valence-corrected chi connectivity index (χ0v) is 12.2. The van der Waals surface area contributed by atoms with Crippen molar-refractivity contribution in [1.82, 2.24) is 15.1 Å². The number of ether oxygens (including phenoxy) is 2. The fourth-order valence-electron chi connectivity index (χ4n) is 3.64. The van der Waals surface area contributed by atoms with Crippen molar-refractivity contribution >= 4 is 5.91 Å². The van der Waals surface area contributed by atoms with Crippen LogP contribution in [0.2, 0.25) is 0 Å². The molecule has 2 fully saturated rings. The second-order valence-corrected chi connectivity index (χ2v) is 6.14. The van der Waals surface area contributed by atoms with Crippen molar-refractivity contribution < 1.29 is 14.3 Å². The molecule has 2 saturated heterocycles. The van der Waals surface area contributed by atoms with Gasteiger partial charge in [-0.25, -0.2) is 0 Å². The summed E-state index contributed by atoms with van der Waals surface area (Å²) in [6.45, 7) is 2.70. The molecule has 0 bridgehead atoms. The van der Waals surface area contributed by atoms with Crippen LogP contribution >= 0.6 is 0 Å². The Kier molecular flexibility index (Phi) is 3.23. The Morgan fingerprint density at radius 2 is 1.86 bits per heavy atom. The molecule has 1 aromatic heterocycles. The predicted octanol–water partition coefficient (Wildman–Crippen LogP) is 1.27. The van der Waals surface area contributed by atoms with Gasteiger partial charge in [0, 0.05) is 37.2 Å². The average molecular weight is 291 g/mol. The van der Waals surface area contributed by atoms with Crippen LogP contribution in [0.25, 0.3) is 0 Å². The Balaban J connectivity index is 1.47. The lowest BCUT2D eigenvalue weighted by molar-refractivity contribution is -0.181. The molecule has 1 amide bonds. The van der Waals surface area contributed by atoms with Gasteiger partial charge in [-0.2, -0.15) is 5.10 Å². The van der Waals surface area contributed by atoms with Crippen molar-refractivity contribution in [2.24, 2.45) is 0 Å². The zero-order chi connectivity index (χ0) is 14.3. The third-order valence-electron chi connectivity index (χ3n) is 4.88. The third-order valence-corrected chi connectivity index (χ3v) is 4.88. The monoisotopic (exact) mass is 291 g/mol. The lowest BCUT2D eigenvalue weighted by atomic mass is 9.95. The van der Waals surface area contributed by atoms with Crippen LogP contribution in [0, 0.1) is 0 Å². The number of hydrogen-bond acceptors (Lipinski definition) is 4. The van der Waals surface area contributed by atoms with E-state index in [-0.39, 0.29) is 5.91 Å². The van der Waals surface area contributed by atoms with E-state index >= 15 is 0 Å². The molecule has 1 spiro atoms. The molecular weight excluding hydrogens is 270 g/mol. The normalized spacial score (nSPS) is 24.3. The van der Waals surface area contributed by atoms with E-state index in [1.165, 1.54) is 6.42 Å². The summed E-state index contributed by atoms with van der Waals surface area (Å²) in [6.07, 6.45) is 5.83. The van der Waals surface area contributed by atoms with Crippen LogP contribution in [0.15, 0.2) is 0 Å². The molecule has 4 rings (SSSR count). The van der Waals surface area contributed by atoms with Crippen LogP contribution in [-0.2, 0) is 22.3 Å². The number of carbonyl (C=O) groups excluding carboxylic acids is 1. The van der Waals surface area contributed by atoms with E-state index in [0.717, 1.165) is 43.4 Å². The van der Waals surface area contributed by atoms with E-state index < -0.39 is 5.79 Å². The van der Waals surface area contributed by atoms with Gasteiger partial charge in [-0.1, -0.05) is 0 Å². The third kappa shape index (κ3) is 2.26. The number of hydrogen-bond donors (Lipinski definition) is 1. The van der Waals surface area contributed by atoms with Crippen LogP contribution < -0.4 is 0 Å². The van der Waals surface area contributed by atoms with Gasteiger partial charge in [0.05, 0.1) is 13.2 Å². The number of fused-ring (bicyclic) bond motifs is 1. The van der Waals surface area contributed by atoms with Crippen LogP contribution in [0.1, 0.15) is 47.4 Å². The Morgan fingerprint density at radius 1 is 1.14 bits per heavy atom. The molecule has 21 heavy (non-hydrogen) atoms. The fraction of sp³-hybridized carbons (Fsp3) is 0.733. The summed E-state index contributed by atoms with van der Waals surface area (Å²) < 4.78 is 11.4. The Labute approximate surface area is 123 Å².